The average molecular weight is 466 g/mol. The van der Waals surface area contributed by atoms with Gasteiger partial charge in [0.25, 0.3) is 0 Å². The van der Waals surface area contributed by atoms with Gasteiger partial charge < -0.3 is 30.0 Å². The van der Waals surface area contributed by atoms with Crippen molar-refractivity contribution in [2.45, 2.75) is 36.4 Å². The fraction of sp³-hybridized carbons (Fsp3) is 0.400. The fourth-order valence-corrected chi connectivity index (χ4v) is 5.02. The van der Waals surface area contributed by atoms with Gasteiger partial charge in [0.05, 0.1) is 12.6 Å². The summed E-state index contributed by atoms with van der Waals surface area (Å²) < 4.78 is 16.2. The van der Waals surface area contributed by atoms with Gasteiger partial charge in [-0.3, -0.25) is 4.79 Å². The van der Waals surface area contributed by atoms with Crippen molar-refractivity contribution in [2.24, 2.45) is 0 Å². The quantitative estimate of drug-likeness (QED) is 0.595. The summed E-state index contributed by atoms with van der Waals surface area (Å²) in [5.74, 6) is -1.74. The number of carboxylic acids is 1. The summed E-state index contributed by atoms with van der Waals surface area (Å²) in [5, 5.41) is 14.7. The molecule has 0 aromatic heterocycles. The largest absolute Gasteiger partial charge is 0.479 e. The normalized spacial score (nSPS) is 25.4. The molecule has 9 nitrogen and oxygen atoms in total. The van der Waals surface area contributed by atoms with Crippen molar-refractivity contribution in [1.82, 2.24) is 10.6 Å². The molecule has 2 fully saturated rings. The Morgan fingerprint density at radius 1 is 1.03 bits per heavy atom. The van der Waals surface area contributed by atoms with Gasteiger partial charge in [-0.25, -0.2) is 9.59 Å². The number of rotatable bonds is 6. The topological polar surface area (TPSA) is 123 Å². The molecule has 2 saturated heterocycles. The van der Waals surface area contributed by atoms with E-state index in [0.29, 0.717) is 13.0 Å². The van der Waals surface area contributed by atoms with Crippen LogP contribution in [0, 0.1) is 0 Å². The number of alkyl carbamates (subject to hydrolysis) is 1. The number of carbonyl (C=O) groups is 3. The van der Waals surface area contributed by atoms with E-state index in [9.17, 15) is 19.5 Å². The lowest BCUT2D eigenvalue weighted by molar-refractivity contribution is -0.148. The zero-order valence-electron chi connectivity index (χ0n) is 18.5. The van der Waals surface area contributed by atoms with E-state index in [0.717, 1.165) is 22.3 Å². The van der Waals surface area contributed by atoms with Gasteiger partial charge in [0.1, 0.15) is 12.1 Å². The lowest BCUT2D eigenvalue weighted by Crippen LogP contribution is -2.62. The number of ether oxygens (including phenoxy) is 3. The highest BCUT2D eigenvalue weighted by molar-refractivity contribution is 5.91. The molecule has 2 heterocycles. The third kappa shape index (κ3) is 4.01. The Morgan fingerprint density at radius 3 is 2.32 bits per heavy atom. The van der Waals surface area contributed by atoms with Crippen molar-refractivity contribution >= 4 is 18.0 Å². The summed E-state index contributed by atoms with van der Waals surface area (Å²) in [4.78, 5) is 37.3. The maximum absolute atomic E-state index is 13.1. The molecule has 178 valence electrons. The molecule has 0 spiro atoms. The Bertz CT molecular complexity index is 1070. The molecule has 2 aromatic rings. The summed E-state index contributed by atoms with van der Waals surface area (Å²) in [7, 11) is 0. The molecule has 2 aliphatic heterocycles. The first kappa shape index (κ1) is 22.4. The molecule has 2 amide bonds. The molecule has 3 N–H and O–H groups in total. The zero-order chi connectivity index (χ0) is 23.7. The first-order chi connectivity index (χ1) is 16.5. The number of hydrogen-bond donors (Lipinski definition) is 3. The third-order valence-corrected chi connectivity index (χ3v) is 6.79. The first-order valence-corrected chi connectivity index (χ1v) is 11.3. The molecule has 3 unspecified atom stereocenters. The predicted octanol–water partition coefficient (Wildman–Crippen LogP) is 2.04. The second-order valence-corrected chi connectivity index (χ2v) is 8.83. The van der Waals surface area contributed by atoms with Crippen LogP contribution in [0.15, 0.2) is 48.5 Å². The van der Waals surface area contributed by atoms with Crippen LogP contribution in [0.4, 0.5) is 4.79 Å². The zero-order valence-corrected chi connectivity index (χ0v) is 18.5. The highest BCUT2D eigenvalue weighted by Crippen LogP contribution is 2.44. The van der Waals surface area contributed by atoms with Gasteiger partial charge in [-0.2, -0.15) is 0 Å². The third-order valence-electron chi connectivity index (χ3n) is 6.79. The Balaban J connectivity index is 1.26. The highest BCUT2D eigenvalue weighted by atomic mass is 16.6. The van der Waals surface area contributed by atoms with E-state index in [1.165, 1.54) is 0 Å². The summed E-state index contributed by atoms with van der Waals surface area (Å²) in [6.07, 6.45) is -1.20. The average Bonchev–Trinajstić information content (AvgIpc) is 3.56. The van der Waals surface area contributed by atoms with Crippen LogP contribution < -0.4 is 10.6 Å². The van der Waals surface area contributed by atoms with E-state index in [2.05, 4.69) is 22.8 Å². The number of carbonyl (C=O) groups excluding carboxylic acids is 2. The lowest BCUT2D eigenvalue weighted by Gasteiger charge is -2.29. The summed E-state index contributed by atoms with van der Waals surface area (Å²) in [6.45, 7) is 0.635. The predicted molar refractivity (Wildman–Crippen MR) is 120 cm³/mol. The van der Waals surface area contributed by atoms with Crippen LogP contribution >= 0.6 is 0 Å². The lowest BCUT2D eigenvalue weighted by atomic mass is 9.96. The monoisotopic (exact) mass is 466 g/mol. The van der Waals surface area contributed by atoms with Crippen LogP contribution in [-0.4, -0.2) is 67.2 Å². The molecule has 0 saturated carbocycles. The van der Waals surface area contributed by atoms with Crippen molar-refractivity contribution in [1.29, 1.82) is 0 Å². The number of aliphatic carboxylic acids is 1. The summed E-state index contributed by atoms with van der Waals surface area (Å²) in [6, 6.07) is 15.4. The number of hydrogen-bond acceptors (Lipinski definition) is 6. The smallest absolute Gasteiger partial charge is 0.408 e. The molecule has 3 atom stereocenters. The van der Waals surface area contributed by atoms with Crippen molar-refractivity contribution in [3.63, 3.8) is 0 Å². The van der Waals surface area contributed by atoms with Crippen LogP contribution in [-0.2, 0) is 23.8 Å². The molecule has 3 aliphatic rings. The second-order valence-electron chi connectivity index (χ2n) is 8.83. The van der Waals surface area contributed by atoms with Gasteiger partial charge in [0.2, 0.25) is 5.91 Å². The fourth-order valence-electron chi connectivity index (χ4n) is 5.02. The maximum atomic E-state index is 13.1. The molecule has 5 rings (SSSR count). The molecule has 9 heteroatoms. The second kappa shape index (κ2) is 9.08. The van der Waals surface area contributed by atoms with Gasteiger partial charge in [-0.1, -0.05) is 48.5 Å². The van der Waals surface area contributed by atoms with Crippen LogP contribution in [0.2, 0.25) is 0 Å². The van der Waals surface area contributed by atoms with Crippen molar-refractivity contribution in [3.8, 4) is 11.1 Å². The number of fused-ring (bicyclic) bond motifs is 3. The van der Waals surface area contributed by atoms with Crippen molar-refractivity contribution in [2.75, 3.05) is 26.4 Å². The first-order valence-electron chi connectivity index (χ1n) is 11.3. The summed E-state index contributed by atoms with van der Waals surface area (Å²) in [5.41, 5.74) is 3.11. The molecule has 0 radical (unpaired) electrons. The van der Waals surface area contributed by atoms with E-state index >= 15 is 0 Å². The molecular weight excluding hydrogens is 440 g/mol. The Hall–Kier alpha value is -3.43. The Labute approximate surface area is 196 Å². The standard InChI is InChI=1S/C25H26N2O7/c28-22(29)21-20(9-11-33-21)26-23(30)25(10-12-32-14-25)27-24(31)34-13-19-17-7-3-1-5-15(17)16-6-2-4-8-18(16)19/h1-8,19-21H,9-14H2,(H,26,30)(H,27,31)(H,28,29). The van der Waals surface area contributed by atoms with Crippen molar-refractivity contribution < 1.29 is 33.7 Å². The maximum Gasteiger partial charge on any atom is 0.408 e. The number of nitrogens with one attached hydrogen (secondary N) is 2. The van der Waals surface area contributed by atoms with E-state index in [1.54, 1.807) is 0 Å². The number of amides is 2. The molecule has 1 aliphatic carbocycles. The van der Waals surface area contributed by atoms with Crippen LogP contribution in [0.3, 0.4) is 0 Å². The summed E-state index contributed by atoms with van der Waals surface area (Å²) >= 11 is 0. The molecule has 2 aromatic carbocycles. The van der Waals surface area contributed by atoms with Crippen LogP contribution in [0.1, 0.15) is 29.9 Å². The van der Waals surface area contributed by atoms with E-state index in [4.69, 9.17) is 14.2 Å². The van der Waals surface area contributed by atoms with Gasteiger partial charge in [0.15, 0.2) is 6.10 Å². The van der Waals surface area contributed by atoms with E-state index < -0.39 is 35.7 Å². The van der Waals surface area contributed by atoms with Gasteiger partial charge >= 0.3 is 12.1 Å². The van der Waals surface area contributed by atoms with E-state index in [-0.39, 0.29) is 32.2 Å². The molecule has 0 bridgehead atoms. The SMILES string of the molecule is O=C(NC1(C(=O)NC2CCOC2C(=O)O)CCOC1)OCC1c2ccccc2-c2ccccc21. The number of benzene rings is 2. The van der Waals surface area contributed by atoms with Gasteiger partial charge in [-0.05, 0) is 28.7 Å². The minimum absolute atomic E-state index is 0.0195. The van der Waals surface area contributed by atoms with Crippen LogP contribution in [0.5, 0.6) is 0 Å². The highest BCUT2D eigenvalue weighted by Gasteiger charge is 2.47. The molecule has 34 heavy (non-hydrogen) atoms. The molecular formula is C25H26N2O7. The van der Waals surface area contributed by atoms with Gasteiger partial charge in [0, 0.05) is 25.6 Å². The van der Waals surface area contributed by atoms with E-state index in [1.807, 2.05) is 36.4 Å². The van der Waals surface area contributed by atoms with Crippen molar-refractivity contribution in [3.05, 3.63) is 59.7 Å². The van der Waals surface area contributed by atoms with Gasteiger partial charge in [-0.15, -0.1) is 0 Å². The minimum Gasteiger partial charge on any atom is -0.479 e. The number of carboxylic acid groups (broad SMARTS) is 1. The Morgan fingerprint density at radius 2 is 1.71 bits per heavy atom. The minimum atomic E-state index is -1.33. The Kier molecular flexibility index (Phi) is 5.97. The van der Waals surface area contributed by atoms with Crippen LogP contribution in [0.25, 0.3) is 11.1 Å².